The van der Waals surface area contributed by atoms with Crippen LogP contribution in [-0.2, 0) is 13.0 Å². The van der Waals surface area contributed by atoms with Crippen LogP contribution in [0.5, 0.6) is 0 Å². The molecule has 0 saturated carbocycles. The molecule has 0 amide bonds. The second-order valence-corrected chi connectivity index (χ2v) is 8.26. The highest BCUT2D eigenvalue weighted by Crippen LogP contribution is 2.21. The van der Waals surface area contributed by atoms with E-state index in [1.165, 1.54) is 50.0 Å². The molecule has 0 bridgehead atoms. The summed E-state index contributed by atoms with van der Waals surface area (Å²) < 4.78 is 0. The molecule has 1 unspecified atom stereocenters. The minimum Gasteiger partial charge on any atom is -0.355 e. The third-order valence-electron chi connectivity index (χ3n) is 6.34. The zero-order chi connectivity index (χ0) is 19.8. The molecule has 2 heterocycles. The van der Waals surface area contributed by atoms with Gasteiger partial charge in [-0.2, -0.15) is 0 Å². The van der Waals surface area contributed by atoms with Gasteiger partial charge >= 0.3 is 0 Å². The molecule has 3 rings (SSSR count). The molecule has 2 N–H and O–H groups in total. The molecule has 2 aliphatic rings. The van der Waals surface area contributed by atoms with Crippen LogP contribution >= 0.6 is 0 Å². The number of hydrogen-bond donors (Lipinski definition) is 2. The summed E-state index contributed by atoms with van der Waals surface area (Å²) in [6.07, 6.45) is 5.99. The average molecular weight is 386 g/mol. The van der Waals surface area contributed by atoms with Gasteiger partial charge in [-0.3, -0.25) is 9.89 Å². The van der Waals surface area contributed by atoms with E-state index in [4.69, 9.17) is 0 Å². The lowest BCUT2D eigenvalue weighted by Crippen LogP contribution is -2.52. The van der Waals surface area contributed by atoms with Gasteiger partial charge in [-0.05, 0) is 49.8 Å². The SMILES string of the molecule is CCCN1CCC(NC(=NC)NCC(CC)N2CCc3ccccc3C2)CC1. The molecule has 1 atom stereocenters. The minimum absolute atomic E-state index is 0.540. The fourth-order valence-electron chi connectivity index (χ4n) is 4.58. The summed E-state index contributed by atoms with van der Waals surface area (Å²) in [5, 5.41) is 7.27. The molecule has 2 aliphatic heterocycles. The lowest BCUT2D eigenvalue weighted by molar-refractivity contribution is 0.173. The van der Waals surface area contributed by atoms with Gasteiger partial charge in [-0.1, -0.05) is 38.1 Å². The highest BCUT2D eigenvalue weighted by atomic mass is 15.2. The van der Waals surface area contributed by atoms with Crippen LogP contribution in [0.1, 0.15) is 50.7 Å². The number of fused-ring (bicyclic) bond motifs is 1. The number of nitrogens with one attached hydrogen (secondary N) is 2. The predicted octanol–water partition coefficient (Wildman–Crippen LogP) is 2.86. The van der Waals surface area contributed by atoms with E-state index in [1.54, 1.807) is 0 Å². The summed E-state index contributed by atoms with van der Waals surface area (Å²) in [6.45, 7) is 11.4. The van der Waals surface area contributed by atoms with Gasteiger partial charge in [0.25, 0.3) is 0 Å². The Morgan fingerprint density at radius 1 is 1.14 bits per heavy atom. The van der Waals surface area contributed by atoms with E-state index in [0.29, 0.717) is 12.1 Å². The Hall–Kier alpha value is -1.59. The maximum Gasteiger partial charge on any atom is 0.191 e. The van der Waals surface area contributed by atoms with E-state index < -0.39 is 0 Å². The topological polar surface area (TPSA) is 42.9 Å². The van der Waals surface area contributed by atoms with Crippen molar-refractivity contribution in [1.82, 2.24) is 20.4 Å². The Labute approximate surface area is 171 Å². The van der Waals surface area contributed by atoms with Crippen molar-refractivity contribution in [3.63, 3.8) is 0 Å². The van der Waals surface area contributed by atoms with E-state index in [2.05, 4.69) is 63.5 Å². The van der Waals surface area contributed by atoms with Crippen molar-refractivity contribution in [3.8, 4) is 0 Å². The quantitative estimate of drug-likeness (QED) is 0.559. The molecule has 1 aromatic rings. The smallest absolute Gasteiger partial charge is 0.191 e. The number of rotatable bonds is 7. The molecule has 0 aromatic heterocycles. The summed E-state index contributed by atoms with van der Waals surface area (Å²) in [7, 11) is 1.89. The lowest BCUT2D eigenvalue weighted by Gasteiger charge is -2.36. The molecular weight excluding hydrogens is 346 g/mol. The van der Waals surface area contributed by atoms with Gasteiger partial charge in [0.15, 0.2) is 5.96 Å². The van der Waals surface area contributed by atoms with Gasteiger partial charge in [0.1, 0.15) is 0 Å². The van der Waals surface area contributed by atoms with Crippen LogP contribution in [0.15, 0.2) is 29.3 Å². The van der Waals surface area contributed by atoms with Gasteiger partial charge in [-0.25, -0.2) is 0 Å². The molecule has 156 valence electrons. The molecule has 5 nitrogen and oxygen atoms in total. The molecule has 1 aromatic carbocycles. The molecule has 0 spiro atoms. The Bertz CT molecular complexity index is 621. The molecule has 0 aliphatic carbocycles. The van der Waals surface area contributed by atoms with Crippen LogP contribution in [0.3, 0.4) is 0 Å². The van der Waals surface area contributed by atoms with E-state index in [1.807, 2.05) is 7.05 Å². The van der Waals surface area contributed by atoms with Crippen LogP contribution in [0.4, 0.5) is 0 Å². The number of hydrogen-bond acceptors (Lipinski definition) is 3. The highest BCUT2D eigenvalue weighted by molar-refractivity contribution is 5.80. The second kappa shape index (κ2) is 10.8. The Balaban J connectivity index is 1.46. The number of aliphatic imine (C=N–C) groups is 1. The molecule has 5 heteroatoms. The first-order chi connectivity index (χ1) is 13.7. The standard InChI is InChI=1S/C23H39N5/c1-4-13-27-14-11-21(12-15-27)26-23(24-3)25-17-22(5-2)28-16-10-19-8-6-7-9-20(19)18-28/h6-9,21-22H,4-5,10-18H2,1-3H3,(H2,24,25,26). The zero-order valence-electron chi connectivity index (χ0n) is 18.1. The van der Waals surface area contributed by atoms with Crippen molar-refractivity contribution in [2.75, 3.05) is 39.8 Å². The number of guanidine groups is 1. The minimum atomic E-state index is 0.540. The van der Waals surface area contributed by atoms with Crippen LogP contribution < -0.4 is 10.6 Å². The fourth-order valence-corrected chi connectivity index (χ4v) is 4.58. The third kappa shape index (κ3) is 5.71. The molecule has 28 heavy (non-hydrogen) atoms. The lowest BCUT2D eigenvalue weighted by atomic mass is 9.98. The fraction of sp³-hybridized carbons (Fsp3) is 0.696. The summed E-state index contributed by atoms with van der Waals surface area (Å²) in [4.78, 5) is 9.70. The van der Waals surface area contributed by atoms with E-state index in [9.17, 15) is 0 Å². The van der Waals surface area contributed by atoms with Gasteiger partial charge in [0.2, 0.25) is 0 Å². The Kier molecular flexibility index (Phi) is 8.16. The third-order valence-corrected chi connectivity index (χ3v) is 6.34. The van der Waals surface area contributed by atoms with Crippen LogP contribution in [0.25, 0.3) is 0 Å². The number of piperidine rings is 1. The van der Waals surface area contributed by atoms with E-state index in [0.717, 1.165) is 38.4 Å². The Morgan fingerprint density at radius 2 is 1.89 bits per heavy atom. The van der Waals surface area contributed by atoms with Gasteiger partial charge in [0, 0.05) is 51.9 Å². The van der Waals surface area contributed by atoms with Crippen molar-refractivity contribution >= 4 is 5.96 Å². The first-order valence-corrected chi connectivity index (χ1v) is 11.2. The normalized spacial score (nSPS) is 20.6. The van der Waals surface area contributed by atoms with Gasteiger partial charge in [-0.15, -0.1) is 0 Å². The monoisotopic (exact) mass is 385 g/mol. The maximum absolute atomic E-state index is 4.49. The van der Waals surface area contributed by atoms with Gasteiger partial charge < -0.3 is 15.5 Å². The number of likely N-dealkylation sites (tertiary alicyclic amines) is 1. The maximum atomic E-state index is 4.49. The number of nitrogens with zero attached hydrogens (tertiary/aromatic N) is 3. The van der Waals surface area contributed by atoms with Crippen molar-refractivity contribution in [2.45, 2.75) is 64.6 Å². The second-order valence-electron chi connectivity index (χ2n) is 8.26. The highest BCUT2D eigenvalue weighted by Gasteiger charge is 2.23. The summed E-state index contributed by atoms with van der Waals surface area (Å²) >= 11 is 0. The summed E-state index contributed by atoms with van der Waals surface area (Å²) in [6, 6.07) is 9.98. The predicted molar refractivity (Wildman–Crippen MR) is 119 cm³/mol. The average Bonchev–Trinajstić information content (AvgIpc) is 2.74. The van der Waals surface area contributed by atoms with Crippen LogP contribution in [0.2, 0.25) is 0 Å². The van der Waals surface area contributed by atoms with Crippen LogP contribution in [0, 0.1) is 0 Å². The van der Waals surface area contributed by atoms with Crippen molar-refractivity contribution in [2.24, 2.45) is 4.99 Å². The Morgan fingerprint density at radius 3 is 2.57 bits per heavy atom. The first kappa shape index (κ1) is 21.1. The molecule has 1 saturated heterocycles. The van der Waals surface area contributed by atoms with Crippen molar-refractivity contribution in [1.29, 1.82) is 0 Å². The summed E-state index contributed by atoms with van der Waals surface area (Å²) in [5.41, 5.74) is 3.02. The number of benzene rings is 1. The zero-order valence-corrected chi connectivity index (χ0v) is 18.1. The molecule has 1 fully saturated rings. The molecule has 0 radical (unpaired) electrons. The van der Waals surface area contributed by atoms with Crippen molar-refractivity contribution in [3.05, 3.63) is 35.4 Å². The van der Waals surface area contributed by atoms with Crippen LogP contribution in [-0.4, -0.2) is 67.6 Å². The molecular formula is C23H39N5. The summed E-state index contributed by atoms with van der Waals surface area (Å²) in [5.74, 6) is 0.963. The van der Waals surface area contributed by atoms with E-state index >= 15 is 0 Å². The largest absolute Gasteiger partial charge is 0.355 e. The van der Waals surface area contributed by atoms with Crippen molar-refractivity contribution < 1.29 is 0 Å². The van der Waals surface area contributed by atoms with E-state index in [-0.39, 0.29) is 0 Å². The van der Waals surface area contributed by atoms with Gasteiger partial charge in [0.05, 0.1) is 0 Å². The first-order valence-electron chi connectivity index (χ1n) is 11.2.